The highest BCUT2D eigenvalue weighted by Crippen LogP contribution is 2.30. The Morgan fingerprint density at radius 2 is 1.64 bits per heavy atom. The van der Waals surface area contributed by atoms with E-state index in [9.17, 15) is 23.6 Å². The van der Waals surface area contributed by atoms with Crippen molar-refractivity contribution in [2.45, 2.75) is 71.6 Å². The van der Waals surface area contributed by atoms with Crippen LogP contribution in [0.5, 0.6) is 0 Å². The summed E-state index contributed by atoms with van der Waals surface area (Å²) >= 11 is 1.20. The fourth-order valence-electron chi connectivity index (χ4n) is 5.20. The highest BCUT2D eigenvalue weighted by atomic mass is 32.1. The molecule has 1 heterocycles. The number of methoxy groups -OCH3 is 1. The molecule has 2 amide bonds. The minimum Gasteiger partial charge on any atom is -0.469 e. The van der Waals surface area contributed by atoms with E-state index in [1.54, 1.807) is 36.4 Å². The van der Waals surface area contributed by atoms with Gasteiger partial charge in [-0.15, -0.1) is 11.3 Å². The molecule has 0 radical (unpaired) electrons. The zero-order chi connectivity index (χ0) is 33.1. The number of ether oxygens (including phenoxy) is 2. The minimum atomic E-state index is -0.790. The molecule has 0 spiro atoms. The number of carbonyl (C=O) groups is 4. The molecule has 0 aliphatic heterocycles. The monoisotopic (exact) mass is 639 g/mol. The molecular formula is C34H42FN3O6S. The largest absolute Gasteiger partial charge is 0.469 e. The molecular weight excluding hydrogens is 597 g/mol. The molecule has 4 unspecified atom stereocenters. The van der Waals surface area contributed by atoms with E-state index in [1.165, 1.54) is 37.5 Å². The second-order valence-corrected chi connectivity index (χ2v) is 12.4. The molecule has 0 bridgehead atoms. The van der Waals surface area contributed by atoms with Crippen LogP contribution in [0.25, 0.3) is 0 Å². The molecule has 0 fully saturated rings. The van der Waals surface area contributed by atoms with E-state index in [0.717, 1.165) is 5.56 Å². The number of likely N-dealkylation sites (N-methyl/N-ethyl adjacent to an activating group) is 1. The van der Waals surface area contributed by atoms with E-state index in [2.05, 4.69) is 10.3 Å². The fraction of sp³-hybridized carbons (Fsp3) is 0.441. The van der Waals surface area contributed by atoms with Crippen LogP contribution in [0.1, 0.15) is 73.3 Å². The summed E-state index contributed by atoms with van der Waals surface area (Å²) in [5.41, 5.74) is 1.86. The SMILES string of the molecule is COC(=O)C(C)CC(Cc1ccccc1)NC(=O)c1csc(C(CC(C(C)C)N(C)C(=O)Cc2ccc(F)cc2)OC(C)=O)n1. The molecule has 9 nitrogen and oxygen atoms in total. The van der Waals surface area contributed by atoms with Crippen molar-refractivity contribution in [2.75, 3.05) is 14.2 Å². The van der Waals surface area contributed by atoms with Crippen molar-refractivity contribution >= 4 is 35.1 Å². The second kappa shape index (κ2) is 16.8. The quantitative estimate of drug-likeness (QED) is 0.217. The number of rotatable bonds is 15. The first kappa shape index (κ1) is 35.4. The lowest BCUT2D eigenvalue weighted by Crippen LogP contribution is -2.42. The van der Waals surface area contributed by atoms with Gasteiger partial charge in [0.15, 0.2) is 6.10 Å². The predicted octanol–water partition coefficient (Wildman–Crippen LogP) is 5.54. The van der Waals surface area contributed by atoms with E-state index in [4.69, 9.17) is 9.47 Å². The zero-order valence-corrected chi connectivity index (χ0v) is 27.4. The molecule has 4 atom stereocenters. The highest BCUT2D eigenvalue weighted by Gasteiger charge is 2.31. The molecule has 0 aliphatic carbocycles. The van der Waals surface area contributed by atoms with Crippen molar-refractivity contribution in [2.24, 2.45) is 11.8 Å². The molecule has 11 heteroatoms. The molecule has 242 valence electrons. The van der Waals surface area contributed by atoms with Gasteiger partial charge >= 0.3 is 11.9 Å². The second-order valence-electron chi connectivity index (χ2n) is 11.5. The third kappa shape index (κ3) is 10.8. The van der Waals surface area contributed by atoms with Gasteiger partial charge in [0.1, 0.15) is 16.5 Å². The van der Waals surface area contributed by atoms with Crippen molar-refractivity contribution in [1.82, 2.24) is 15.2 Å². The Bertz CT molecular complexity index is 1430. The van der Waals surface area contributed by atoms with Gasteiger partial charge in [-0.2, -0.15) is 0 Å². The maximum absolute atomic E-state index is 13.4. The van der Waals surface area contributed by atoms with E-state index >= 15 is 0 Å². The van der Waals surface area contributed by atoms with Gasteiger partial charge < -0.3 is 19.7 Å². The molecule has 0 aliphatic rings. The summed E-state index contributed by atoms with van der Waals surface area (Å²) < 4.78 is 23.9. The number of esters is 2. The van der Waals surface area contributed by atoms with Gasteiger partial charge in [-0.25, -0.2) is 9.37 Å². The van der Waals surface area contributed by atoms with Crippen molar-refractivity contribution in [3.63, 3.8) is 0 Å². The molecule has 3 aromatic rings. The zero-order valence-electron chi connectivity index (χ0n) is 26.6. The van der Waals surface area contributed by atoms with Gasteiger partial charge in [-0.05, 0) is 42.0 Å². The predicted molar refractivity (Wildman–Crippen MR) is 170 cm³/mol. The highest BCUT2D eigenvalue weighted by molar-refractivity contribution is 7.09. The maximum Gasteiger partial charge on any atom is 0.308 e. The molecule has 2 aromatic carbocycles. The van der Waals surface area contributed by atoms with Crippen LogP contribution in [-0.4, -0.2) is 59.9 Å². The average Bonchev–Trinajstić information content (AvgIpc) is 3.50. The van der Waals surface area contributed by atoms with Gasteiger partial charge in [0.05, 0.1) is 19.4 Å². The Labute approximate surface area is 268 Å². The van der Waals surface area contributed by atoms with Crippen LogP contribution in [0.2, 0.25) is 0 Å². The van der Waals surface area contributed by atoms with E-state index in [1.807, 2.05) is 44.2 Å². The first-order valence-electron chi connectivity index (χ1n) is 14.9. The standard InChI is InChI=1S/C34H42FN3O6S/c1-21(2)29(38(5)31(40)18-25-12-14-26(35)15-13-25)19-30(44-23(4)39)33-37-28(20-45-33)32(41)36-27(16-22(3)34(42)43-6)17-24-10-8-7-9-11-24/h7-15,20-22,27,29-30H,16-19H2,1-6H3,(H,36,41). The van der Waals surface area contributed by atoms with Gasteiger partial charge in [0.25, 0.3) is 5.91 Å². The van der Waals surface area contributed by atoms with Crippen molar-refractivity contribution in [3.05, 3.63) is 87.6 Å². The molecule has 45 heavy (non-hydrogen) atoms. The summed E-state index contributed by atoms with van der Waals surface area (Å²) in [6.45, 7) is 7.01. The Balaban J connectivity index is 1.77. The number of aromatic nitrogens is 1. The first-order valence-corrected chi connectivity index (χ1v) is 15.8. The Morgan fingerprint density at radius 1 is 0.978 bits per heavy atom. The van der Waals surface area contributed by atoms with Crippen LogP contribution in [0.4, 0.5) is 4.39 Å². The Hall–Kier alpha value is -4.12. The number of hydrogen-bond donors (Lipinski definition) is 1. The number of halogens is 1. The van der Waals surface area contributed by atoms with E-state index in [-0.39, 0.29) is 54.2 Å². The first-order chi connectivity index (χ1) is 21.4. The molecule has 3 rings (SSSR count). The minimum absolute atomic E-state index is 0.00324. The smallest absolute Gasteiger partial charge is 0.308 e. The van der Waals surface area contributed by atoms with E-state index < -0.39 is 23.9 Å². The van der Waals surface area contributed by atoms with Gasteiger partial charge in [0, 0.05) is 37.9 Å². The molecule has 1 aromatic heterocycles. The lowest BCUT2D eigenvalue weighted by Gasteiger charge is -2.33. The van der Waals surface area contributed by atoms with Crippen molar-refractivity contribution in [1.29, 1.82) is 0 Å². The number of carbonyl (C=O) groups excluding carboxylic acids is 4. The summed E-state index contributed by atoms with van der Waals surface area (Å²) in [6.07, 6.45) is 0.454. The fourth-order valence-corrected chi connectivity index (χ4v) is 6.04. The van der Waals surface area contributed by atoms with E-state index in [0.29, 0.717) is 23.4 Å². The summed E-state index contributed by atoms with van der Waals surface area (Å²) in [6, 6.07) is 14.8. The van der Waals surface area contributed by atoms with Crippen LogP contribution in [0.3, 0.4) is 0 Å². The molecule has 1 N–H and O–H groups in total. The van der Waals surface area contributed by atoms with Gasteiger partial charge in [-0.3, -0.25) is 19.2 Å². The van der Waals surface area contributed by atoms with Crippen LogP contribution < -0.4 is 5.32 Å². The summed E-state index contributed by atoms with van der Waals surface area (Å²) in [4.78, 5) is 57.0. The third-order valence-corrected chi connectivity index (χ3v) is 8.56. The van der Waals surface area contributed by atoms with Crippen LogP contribution in [0.15, 0.2) is 60.0 Å². The topological polar surface area (TPSA) is 115 Å². The average molecular weight is 640 g/mol. The Morgan fingerprint density at radius 3 is 2.24 bits per heavy atom. The maximum atomic E-state index is 13.4. The van der Waals surface area contributed by atoms with Crippen LogP contribution >= 0.6 is 11.3 Å². The number of hydrogen-bond acceptors (Lipinski definition) is 8. The number of amides is 2. The number of thiazole rings is 1. The lowest BCUT2D eigenvalue weighted by molar-refractivity contribution is -0.148. The third-order valence-electron chi connectivity index (χ3n) is 7.62. The molecule has 0 saturated carbocycles. The normalized spacial score (nSPS) is 13.8. The van der Waals surface area contributed by atoms with Crippen LogP contribution in [-0.2, 0) is 36.7 Å². The summed E-state index contributed by atoms with van der Waals surface area (Å²) in [5.74, 6) is -2.24. The number of nitrogens with zero attached hydrogens (tertiary/aromatic N) is 2. The molecule has 0 saturated heterocycles. The Kier molecular flexibility index (Phi) is 13.2. The van der Waals surface area contributed by atoms with Crippen LogP contribution in [0, 0.1) is 17.7 Å². The number of benzene rings is 2. The number of nitrogens with one attached hydrogen (secondary N) is 1. The van der Waals surface area contributed by atoms with Crippen molar-refractivity contribution in [3.8, 4) is 0 Å². The summed E-state index contributed by atoms with van der Waals surface area (Å²) in [5, 5.41) is 5.06. The lowest BCUT2D eigenvalue weighted by atomic mass is 9.95. The van der Waals surface area contributed by atoms with Gasteiger partial charge in [0.2, 0.25) is 5.91 Å². The van der Waals surface area contributed by atoms with Crippen molar-refractivity contribution < 1.29 is 33.0 Å². The summed E-state index contributed by atoms with van der Waals surface area (Å²) in [7, 11) is 3.04. The van der Waals surface area contributed by atoms with Gasteiger partial charge in [-0.1, -0.05) is 63.2 Å².